The number of carbonyl (C=O) groups is 1. The van der Waals surface area contributed by atoms with E-state index in [0.717, 1.165) is 22.4 Å². The van der Waals surface area contributed by atoms with Crippen LogP contribution in [0, 0.1) is 5.82 Å². The van der Waals surface area contributed by atoms with Gasteiger partial charge in [0.15, 0.2) is 0 Å². The minimum absolute atomic E-state index is 0.257. The third kappa shape index (κ3) is 6.82. The molecule has 0 saturated carbocycles. The molecule has 196 valence electrons. The third-order valence-corrected chi connectivity index (χ3v) is 6.52. The Bertz CT molecular complexity index is 1450. The van der Waals surface area contributed by atoms with Gasteiger partial charge in [0.2, 0.25) is 0 Å². The minimum atomic E-state index is -0.336. The number of imidazole rings is 1. The van der Waals surface area contributed by atoms with Crippen molar-refractivity contribution in [2.75, 3.05) is 13.7 Å². The number of hydrogen-bond donors (Lipinski definition) is 0. The summed E-state index contributed by atoms with van der Waals surface area (Å²) in [4.78, 5) is 15.9. The van der Waals surface area contributed by atoms with Crippen LogP contribution in [0.25, 0.3) is 34.5 Å². The predicted octanol–water partition coefficient (Wildman–Crippen LogP) is 8.19. The number of methoxy groups -OCH3 is 1. The largest absolute Gasteiger partial charge is 0.494 e. The molecule has 4 rings (SSSR count). The van der Waals surface area contributed by atoms with Crippen molar-refractivity contribution in [2.45, 2.75) is 26.3 Å². The van der Waals surface area contributed by atoms with Crippen LogP contribution in [-0.4, -0.2) is 29.2 Å². The number of carbonyl (C=O) groups excluding carboxylic acids is 1. The molecule has 1 heterocycles. The minimum Gasteiger partial charge on any atom is -0.494 e. The average molecular weight is 553 g/mol. The Kier molecular flexibility index (Phi) is 9.21. The zero-order valence-electron chi connectivity index (χ0n) is 21.1. The highest BCUT2D eigenvalue weighted by molar-refractivity contribution is 6.36. The zero-order valence-corrected chi connectivity index (χ0v) is 22.6. The van der Waals surface area contributed by atoms with Crippen molar-refractivity contribution < 1.29 is 18.7 Å². The number of rotatable bonds is 10. The van der Waals surface area contributed by atoms with Crippen molar-refractivity contribution in [3.63, 3.8) is 0 Å². The van der Waals surface area contributed by atoms with E-state index in [1.54, 1.807) is 30.4 Å². The summed E-state index contributed by atoms with van der Waals surface area (Å²) in [7, 11) is 1.37. The number of ether oxygens (including phenoxy) is 2. The van der Waals surface area contributed by atoms with E-state index in [0.29, 0.717) is 53.2 Å². The van der Waals surface area contributed by atoms with Gasteiger partial charge < -0.3 is 14.0 Å². The van der Waals surface area contributed by atoms with Crippen LogP contribution < -0.4 is 4.74 Å². The van der Waals surface area contributed by atoms with Gasteiger partial charge in [-0.05, 0) is 73.0 Å². The van der Waals surface area contributed by atoms with Crippen LogP contribution >= 0.6 is 23.2 Å². The monoisotopic (exact) mass is 552 g/mol. The Hall–Kier alpha value is -3.61. The molecule has 1 aromatic heterocycles. The Morgan fingerprint density at radius 3 is 2.47 bits per heavy atom. The third-order valence-electron chi connectivity index (χ3n) is 5.98. The van der Waals surface area contributed by atoms with E-state index >= 15 is 0 Å². The Balaban J connectivity index is 1.45. The second kappa shape index (κ2) is 12.8. The molecule has 0 saturated heterocycles. The van der Waals surface area contributed by atoms with Gasteiger partial charge in [-0.3, -0.25) is 4.79 Å². The number of halogens is 3. The quantitative estimate of drug-likeness (QED) is 0.147. The first-order valence-electron chi connectivity index (χ1n) is 12.2. The molecule has 0 N–H and O–H groups in total. The standard InChI is InChI=1S/C30H27Cl2FN2O3/c1-3-35-19-28(25-14-11-23(31)18-26(25)32)34-29(35)15-10-21-6-7-22(17-27(21)33)20-8-12-24(13-9-20)38-16-4-5-30(36)37-2/h6-15,17-19H,3-5,16H2,1-2H3/b15-10+. The van der Waals surface area contributed by atoms with Gasteiger partial charge >= 0.3 is 5.97 Å². The van der Waals surface area contributed by atoms with Gasteiger partial charge in [-0.25, -0.2) is 9.37 Å². The van der Waals surface area contributed by atoms with Gasteiger partial charge in [-0.2, -0.15) is 0 Å². The molecule has 4 aromatic rings. The zero-order chi connectivity index (χ0) is 27.1. The second-order valence-electron chi connectivity index (χ2n) is 8.52. The summed E-state index contributed by atoms with van der Waals surface area (Å²) < 4.78 is 27.2. The topological polar surface area (TPSA) is 53.4 Å². The maximum absolute atomic E-state index is 15.0. The van der Waals surface area contributed by atoms with Crippen molar-refractivity contribution in [1.29, 1.82) is 0 Å². The van der Waals surface area contributed by atoms with Crippen molar-refractivity contribution in [2.24, 2.45) is 0 Å². The molecule has 5 nitrogen and oxygen atoms in total. The molecule has 3 aromatic carbocycles. The first kappa shape index (κ1) is 27.4. The maximum Gasteiger partial charge on any atom is 0.305 e. The number of benzene rings is 3. The van der Waals surface area contributed by atoms with Crippen LogP contribution in [0.3, 0.4) is 0 Å². The highest BCUT2D eigenvalue weighted by Crippen LogP contribution is 2.30. The van der Waals surface area contributed by atoms with E-state index in [-0.39, 0.29) is 11.8 Å². The molecule has 0 amide bonds. The second-order valence-corrected chi connectivity index (χ2v) is 9.36. The van der Waals surface area contributed by atoms with Gasteiger partial charge in [0, 0.05) is 35.3 Å². The summed E-state index contributed by atoms with van der Waals surface area (Å²) in [6.07, 6.45) is 6.31. The van der Waals surface area contributed by atoms with Crippen LogP contribution in [0.4, 0.5) is 4.39 Å². The van der Waals surface area contributed by atoms with Crippen molar-refractivity contribution >= 4 is 41.3 Å². The fraction of sp³-hybridized carbons (Fsp3) is 0.200. The van der Waals surface area contributed by atoms with Crippen LogP contribution in [0.5, 0.6) is 5.75 Å². The SMILES string of the molecule is CCn1cc(-c2ccc(Cl)cc2Cl)nc1/C=C/c1ccc(-c2ccc(OCCCC(=O)OC)cc2)cc1F. The first-order chi connectivity index (χ1) is 18.4. The number of aryl methyl sites for hydroxylation is 1. The summed E-state index contributed by atoms with van der Waals surface area (Å²) in [5.74, 6) is 0.786. The summed E-state index contributed by atoms with van der Waals surface area (Å²) in [6.45, 7) is 3.12. The van der Waals surface area contributed by atoms with Crippen LogP contribution in [-0.2, 0) is 16.1 Å². The highest BCUT2D eigenvalue weighted by atomic mass is 35.5. The van der Waals surface area contributed by atoms with E-state index in [1.165, 1.54) is 13.2 Å². The molecule has 8 heteroatoms. The molecule has 0 aliphatic heterocycles. The molecule has 0 bridgehead atoms. The van der Waals surface area contributed by atoms with Crippen LogP contribution in [0.2, 0.25) is 10.0 Å². The highest BCUT2D eigenvalue weighted by Gasteiger charge is 2.11. The van der Waals surface area contributed by atoms with Crippen LogP contribution in [0.1, 0.15) is 31.2 Å². The van der Waals surface area contributed by atoms with Gasteiger partial charge in [0.25, 0.3) is 0 Å². The van der Waals surface area contributed by atoms with E-state index in [9.17, 15) is 9.18 Å². The molecule has 0 fully saturated rings. The van der Waals surface area contributed by atoms with Gasteiger partial charge in [-0.1, -0.05) is 47.5 Å². The van der Waals surface area contributed by atoms with Crippen molar-refractivity contribution in [3.05, 3.63) is 94.1 Å². The fourth-order valence-electron chi connectivity index (χ4n) is 3.90. The lowest BCUT2D eigenvalue weighted by Crippen LogP contribution is -2.04. The normalized spacial score (nSPS) is 11.2. The fourth-order valence-corrected chi connectivity index (χ4v) is 4.41. The predicted molar refractivity (Wildman–Crippen MR) is 151 cm³/mol. The number of aromatic nitrogens is 2. The molecule has 0 aliphatic carbocycles. The molecule has 0 unspecified atom stereocenters. The lowest BCUT2D eigenvalue weighted by atomic mass is 10.0. The van der Waals surface area contributed by atoms with E-state index in [1.807, 2.05) is 54.1 Å². The Morgan fingerprint density at radius 2 is 1.79 bits per heavy atom. The van der Waals surface area contributed by atoms with Gasteiger partial charge in [-0.15, -0.1) is 0 Å². The molecule has 38 heavy (non-hydrogen) atoms. The number of nitrogens with zero attached hydrogens (tertiary/aromatic N) is 2. The molecule has 0 radical (unpaired) electrons. The van der Waals surface area contributed by atoms with Crippen LogP contribution in [0.15, 0.2) is 66.9 Å². The van der Waals surface area contributed by atoms with E-state index in [2.05, 4.69) is 4.74 Å². The lowest BCUT2D eigenvalue weighted by Gasteiger charge is -2.08. The summed E-state index contributed by atoms with van der Waals surface area (Å²) in [5, 5.41) is 1.08. The van der Waals surface area contributed by atoms with Crippen molar-refractivity contribution in [3.8, 4) is 28.1 Å². The smallest absolute Gasteiger partial charge is 0.305 e. The Morgan fingerprint density at radius 1 is 1.03 bits per heavy atom. The number of esters is 1. The van der Waals surface area contributed by atoms with Crippen molar-refractivity contribution in [1.82, 2.24) is 9.55 Å². The summed E-state index contributed by atoms with van der Waals surface area (Å²) >= 11 is 12.4. The number of hydrogen-bond acceptors (Lipinski definition) is 4. The molecule has 0 spiro atoms. The average Bonchev–Trinajstić information content (AvgIpc) is 3.33. The maximum atomic E-state index is 15.0. The lowest BCUT2D eigenvalue weighted by molar-refractivity contribution is -0.140. The van der Waals surface area contributed by atoms with E-state index < -0.39 is 0 Å². The molecule has 0 aliphatic rings. The summed E-state index contributed by atoms with van der Waals surface area (Å²) in [5.41, 5.74) is 3.58. The summed E-state index contributed by atoms with van der Waals surface area (Å²) in [6, 6.07) is 17.8. The molecular weight excluding hydrogens is 526 g/mol. The van der Waals surface area contributed by atoms with E-state index in [4.69, 9.17) is 32.9 Å². The molecule has 0 atom stereocenters. The molecular formula is C30H27Cl2FN2O3. The van der Waals surface area contributed by atoms with Gasteiger partial charge in [0.05, 0.1) is 24.4 Å². The first-order valence-corrected chi connectivity index (χ1v) is 12.9. The van der Waals surface area contributed by atoms with Gasteiger partial charge in [0.1, 0.15) is 17.4 Å². The Labute approximate surface area is 231 Å².